The molecule has 0 spiro atoms. The van der Waals surface area contributed by atoms with Crippen molar-refractivity contribution < 1.29 is 9.53 Å². The lowest BCUT2D eigenvalue weighted by Gasteiger charge is -2.17. The molecule has 1 unspecified atom stereocenters. The van der Waals surface area contributed by atoms with Gasteiger partial charge >= 0.3 is 0 Å². The second-order valence-electron chi connectivity index (χ2n) is 4.14. The van der Waals surface area contributed by atoms with Gasteiger partial charge in [-0.3, -0.25) is 4.79 Å². The molecule has 5 heteroatoms. The Morgan fingerprint density at radius 1 is 1.60 bits per heavy atom. The first-order chi connectivity index (χ1) is 7.00. The molecule has 1 aliphatic rings. The zero-order valence-corrected chi connectivity index (χ0v) is 9.97. The molecule has 0 aromatic heterocycles. The minimum Gasteiger partial charge on any atom is -0.392 e. The SMILES string of the molecule is CC(C)OCC(=O)NC(C(N)=S)C1CC1. The molecule has 1 fully saturated rings. The highest BCUT2D eigenvalue weighted by Crippen LogP contribution is 2.32. The molecule has 15 heavy (non-hydrogen) atoms. The number of carbonyl (C=O) groups is 1. The number of carbonyl (C=O) groups excluding carboxylic acids is 1. The molecule has 0 aliphatic heterocycles. The summed E-state index contributed by atoms with van der Waals surface area (Å²) < 4.78 is 5.19. The van der Waals surface area contributed by atoms with E-state index >= 15 is 0 Å². The third kappa shape index (κ3) is 4.57. The first-order valence-corrected chi connectivity index (χ1v) is 5.61. The van der Waals surface area contributed by atoms with Crippen molar-refractivity contribution in [3.05, 3.63) is 0 Å². The van der Waals surface area contributed by atoms with E-state index in [9.17, 15) is 4.79 Å². The van der Waals surface area contributed by atoms with Crippen molar-refractivity contribution in [2.24, 2.45) is 11.7 Å². The first kappa shape index (κ1) is 12.4. The van der Waals surface area contributed by atoms with E-state index in [1.807, 2.05) is 13.8 Å². The maximum absolute atomic E-state index is 11.4. The van der Waals surface area contributed by atoms with Crippen LogP contribution in [0.25, 0.3) is 0 Å². The molecular weight excluding hydrogens is 212 g/mol. The lowest BCUT2D eigenvalue weighted by atomic mass is 10.2. The van der Waals surface area contributed by atoms with Gasteiger partial charge in [-0.05, 0) is 32.6 Å². The second kappa shape index (κ2) is 5.42. The van der Waals surface area contributed by atoms with E-state index < -0.39 is 0 Å². The third-order valence-electron chi connectivity index (χ3n) is 2.26. The van der Waals surface area contributed by atoms with E-state index in [0.29, 0.717) is 10.9 Å². The van der Waals surface area contributed by atoms with Crippen molar-refractivity contribution in [1.82, 2.24) is 5.32 Å². The third-order valence-corrected chi connectivity index (χ3v) is 2.52. The Bertz CT molecular complexity index is 252. The number of ether oxygens (including phenoxy) is 1. The molecule has 0 aromatic rings. The van der Waals surface area contributed by atoms with Gasteiger partial charge in [0.05, 0.1) is 17.1 Å². The highest BCUT2D eigenvalue weighted by Gasteiger charge is 2.34. The fraction of sp³-hybridized carbons (Fsp3) is 0.800. The molecule has 1 aliphatic carbocycles. The van der Waals surface area contributed by atoms with Crippen molar-refractivity contribution in [3.63, 3.8) is 0 Å². The molecule has 0 saturated heterocycles. The van der Waals surface area contributed by atoms with E-state index in [1.165, 1.54) is 0 Å². The van der Waals surface area contributed by atoms with Crippen molar-refractivity contribution >= 4 is 23.1 Å². The van der Waals surface area contributed by atoms with Gasteiger partial charge in [0.25, 0.3) is 0 Å². The van der Waals surface area contributed by atoms with Gasteiger partial charge in [0.1, 0.15) is 6.61 Å². The number of thiocarbonyl (C=S) groups is 1. The summed E-state index contributed by atoms with van der Waals surface area (Å²) in [5, 5.41) is 2.80. The Morgan fingerprint density at radius 3 is 2.60 bits per heavy atom. The number of hydrogen-bond acceptors (Lipinski definition) is 3. The maximum atomic E-state index is 11.4. The van der Waals surface area contributed by atoms with Crippen LogP contribution in [-0.2, 0) is 9.53 Å². The summed E-state index contributed by atoms with van der Waals surface area (Å²) in [5.41, 5.74) is 5.56. The molecule has 0 bridgehead atoms. The number of amides is 1. The zero-order chi connectivity index (χ0) is 11.4. The average Bonchev–Trinajstić information content (AvgIpc) is 2.93. The first-order valence-electron chi connectivity index (χ1n) is 5.21. The average molecular weight is 230 g/mol. The molecular formula is C10H18N2O2S. The largest absolute Gasteiger partial charge is 0.392 e. The van der Waals surface area contributed by atoms with Crippen LogP contribution < -0.4 is 11.1 Å². The molecule has 0 heterocycles. The van der Waals surface area contributed by atoms with Gasteiger partial charge < -0.3 is 15.8 Å². The summed E-state index contributed by atoms with van der Waals surface area (Å²) in [4.78, 5) is 11.8. The summed E-state index contributed by atoms with van der Waals surface area (Å²) in [7, 11) is 0. The summed E-state index contributed by atoms with van der Waals surface area (Å²) in [6.07, 6.45) is 2.24. The van der Waals surface area contributed by atoms with Gasteiger partial charge in [0.15, 0.2) is 0 Å². The number of nitrogens with one attached hydrogen (secondary N) is 1. The van der Waals surface area contributed by atoms with Crippen LogP contribution in [0.2, 0.25) is 0 Å². The lowest BCUT2D eigenvalue weighted by Crippen LogP contribution is -2.46. The summed E-state index contributed by atoms with van der Waals surface area (Å²) in [6, 6.07) is -0.150. The van der Waals surface area contributed by atoms with Crippen LogP contribution in [0, 0.1) is 5.92 Å². The van der Waals surface area contributed by atoms with Crippen LogP contribution in [0.3, 0.4) is 0 Å². The normalized spacial score (nSPS) is 17.5. The van der Waals surface area contributed by atoms with E-state index in [2.05, 4.69) is 5.32 Å². The zero-order valence-electron chi connectivity index (χ0n) is 9.16. The fourth-order valence-electron chi connectivity index (χ4n) is 1.31. The fourth-order valence-corrected chi connectivity index (χ4v) is 1.56. The minimum atomic E-state index is -0.150. The molecule has 3 N–H and O–H groups in total. The van der Waals surface area contributed by atoms with Crippen LogP contribution >= 0.6 is 12.2 Å². The summed E-state index contributed by atoms with van der Waals surface area (Å²) >= 11 is 4.91. The maximum Gasteiger partial charge on any atom is 0.246 e. The van der Waals surface area contributed by atoms with Crippen molar-refractivity contribution in [2.75, 3.05) is 6.61 Å². The van der Waals surface area contributed by atoms with Crippen LogP contribution in [0.15, 0.2) is 0 Å². The molecule has 0 radical (unpaired) electrons. The predicted octanol–water partition coefficient (Wildman–Crippen LogP) is 0.592. The number of nitrogens with two attached hydrogens (primary N) is 1. The summed E-state index contributed by atoms with van der Waals surface area (Å²) in [5.74, 6) is 0.291. The molecule has 0 aromatic carbocycles. The van der Waals surface area contributed by atoms with E-state index in [1.54, 1.807) is 0 Å². The Hall–Kier alpha value is -0.680. The van der Waals surface area contributed by atoms with Crippen molar-refractivity contribution in [2.45, 2.75) is 38.8 Å². The van der Waals surface area contributed by atoms with Crippen LogP contribution in [0.1, 0.15) is 26.7 Å². The van der Waals surface area contributed by atoms with Gasteiger partial charge in [-0.1, -0.05) is 12.2 Å². The topological polar surface area (TPSA) is 64.3 Å². The van der Waals surface area contributed by atoms with Crippen molar-refractivity contribution in [1.29, 1.82) is 0 Å². The Labute approximate surface area is 95.5 Å². The van der Waals surface area contributed by atoms with Gasteiger partial charge in [-0.2, -0.15) is 0 Å². The Balaban J connectivity index is 2.31. The van der Waals surface area contributed by atoms with Gasteiger partial charge in [0.2, 0.25) is 5.91 Å². The standard InChI is InChI=1S/C10H18N2O2S/c1-6(2)14-5-8(13)12-9(10(11)15)7-3-4-7/h6-7,9H,3-5H2,1-2H3,(H2,11,15)(H,12,13). The minimum absolute atomic E-state index is 0.0555. The van der Waals surface area contributed by atoms with E-state index in [4.69, 9.17) is 22.7 Å². The van der Waals surface area contributed by atoms with E-state index in [-0.39, 0.29) is 24.7 Å². The number of rotatable bonds is 6. The highest BCUT2D eigenvalue weighted by molar-refractivity contribution is 7.80. The molecule has 86 valence electrons. The smallest absolute Gasteiger partial charge is 0.246 e. The van der Waals surface area contributed by atoms with Gasteiger partial charge in [-0.25, -0.2) is 0 Å². The molecule has 4 nitrogen and oxygen atoms in total. The molecule has 1 saturated carbocycles. The summed E-state index contributed by atoms with van der Waals surface area (Å²) in [6.45, 7) is 3.85. The van der Waals surface area contributed by atoms with Crippen LogP contribution in [0.4, 0.5) is 0 Å². The Morgan fingerprint density at radius 2 is 2.20 bits per heavy atom. The molecule has 1 amide bonds. The second-order valence-corrected chi connectivity index (χ2v) is 4.62. The monoisotopic (exact) mass is 230 g/mol. The molecule has 1 atom stereocenters. The van der Waals surface area contributed by atoms with Crippen molar-refractivity contribution in [3.8, 4) is 0 Å². The lowest BCUT2D eigenvalue weighted by molar-refractivity contribution is -0.127. The predicted molar refractivity (Wildman–Crippen MR) is 62.5 cm³/mol. The highest BCUT2D eigenvalue weighted by atomic mass is 32.1. The number of hydrogen-bond donors (Lipinski definition) is 2. The van der Waals surface area contributed by atoms with Gasteiger partial charge in [0, 0.05) is 0 Å². The van der Waals surface area contributed by atoms with Crippen LogP contribution in [0.5, 0.6) is 0 Å². The van der Waals surface area contributed by atoms with Gasteiger partial charge in [-0.15, -0.1) is 0 Å². The quantitative estimate of drug-likeness (QED) is 0.656. The molecule has 1 rings (SSSR count). The Kier molecular flexibility index (Phi) is 4.47. The van der Waals surface area contributed by atoms with E-state index in [0.717, 1.165) is 12.8 Å². The van der Waals surface area contributed by atoms with Crippen LogP contribution in [-0.4, -0.2) is 29.6 Å².